The standard InChI is InChI=1S/C27H21NO3/c29-26(21-13-5-2-6-14-21)22-15-7-9-17-24(22)28-27(30)23-16-8-10-18-25(23)31-19-20-11-3-1-4-12-20/h1-18H,19H2,(H,28,30). The zero-order chi connectivity index (χ0) is 21.5. The van der Waals surface area contributed by atoms with E-state index in [0.29, 0.717) is 34.7 Å². The molecule has 0 aliphatic rings. The molecule has 4 heteroatoms. The number of anilines is 1. The summed E-state index contributed by atoms with van der Waals surface area (Å²) in [6.07, 6.45) is 0. The molecule has 4 aromatic carbocycles. The summed E-state index contributed by atoms with van der Waals surface area (Å²) in [7, 11) is 0. The highest BCUT2D eigenvalue weighted by Gasteiger charge is 2.17. The first kappa shape index (κ1) is 20.1. The maximum atomic E-state index is 13.1. The fourth-order valence-corrected chi connectivity index (χ4v) is 3.24. The van der Waals surface area contributed by atoms with E-state index in [4.69, 9.17) is 4.74 Å². The molecule has 0 aliphatic heterocycles. The van der Waals surface area contributed by atoms with Gasteiger partial charge in [-0.15, -0.1) is 0 Å². The van der Waals surface area contributed by atoms with E-state index in [9.17, 15) is 9.59 Å². The van der Waals surface area contributed by atoms with Gasteiger partial charge in [-0.25, -0.2) is 0 Å². The predicted molar refractivity (Wildman–Crippen MR) is 121 cm³/mol. The minimum atomic E-state index is -0.336. The van der Waals surface area contributed by atoms with E-state index in [1.54, 1.807) is 54.6 Å². The van der Waals surface area contributed by atoms with Gasteiger partial charge in [-0.3, -0.25) is 9.59 Å². The second-order valence-electron chi connectivity index (χ2n) is 6.97. The first-order chi connectivity index (χ1) is 15.2. The molecule has 0 spiro atoms. The molecule has 0 atom stereocenters. The van der Waals surface area contributed by atoms with Crippen LogP contribution in [0.25, 0.3) is 0 Å². The Bertz CT molecular complexity index is 1190. The number of carbonyl (C=O) groups is 2. The van der Waals surface area contributed by atoms with E-state index >= 15 is 0 Å². The zero-order valence-corrected chi connectivity index (χ0v) is 16.8. The molecule has 152 valence electrons. The third-order valence-electron chi connectivity index (χ3n) is 4.82. The maximum absolute atomic E-state index is 13.1. The van der Waals surface area contributed by atoms with Gasteiger partial charge < -0.3 is 10.1 Å². The van der Waals surface area contributed by atoms with Gasteiger partial charge in [0.05, 0.1) is 11.3 Å². The number of ketones is 1. The summed E-state index contributed by atoms with van der Waals surface area (Å²) in [5.41, 5.74) is 2.87. The monoisotopic (exact) mass is 407 g/mol. The number of amides is 1. The summed E-state index contributed by atoms with van der Waals surface area (Å²) in [4.78, 5) is 26.0. The van der Waals surface area contributed by atoms with Crippen LogP contribution in [-0.4, -0.2) is 11.7 Å². The largest absolute Gasteiger partial charge is 0.488 e. The van der Waals surface area contributed by atoms with Crippen LogP contribution in [0.1, 0.15) is 31.8 Å². The lowest BCUT2D eigenvalue weighted by Gasteiger charge is -2.14. The van der Waals surface area contributed by atoms with Crippen molar-refractivity contribution in [3.05, 3.63) is 131 Å². The van der Waals surface area contributed by atoms with Crippen molar-refractivity contribution in [3.63, 3.8) is 0 Å². The Morgan fingerprint density at radius 1 is 0.645 bits per heavy atom. The molecule has 31 heavy (non-hydrogen) atoms. The Balaban J connectivity index is 1.55. The number of hydrogen-bond donors (Lipinski definition) is 1. The molecule has 0 fully saturated rings. The molecule has 0 radical (unpaired) electrons. The summed E-state index contributed by atoms with van der Waals surface area (Å²) in [5.74, 6) is -0.00203. The molecular weight excluding hydrogens is 386 g/mol. The van der Waals surface area contributed by atoms with Crippen molar-refractivity contribution < 1.29 is 14.3 Å². The van der Waals surface area contributed by atoms with Crippen LogP contribution in [0.3, 0.4) is 0 Å². The van der Waals surface area contributed by atoms with Gasteiger partial charge in [0.2, 0.25) is 0 Å². The quantitative estimate of drug-likeness (QED) is 0.397. The number of para-hydroxylation sites is 2. The average molecular weight is 407 g/mol. The molecule has 0 bridgehead atoms. The number of carbonyl (C=O) groups excluding carboxylic acids is 2. The maximum Gasteiger partial charge on any atom is 0.259 e. The first-order valence-corrected chi connectivity index (χ1v) is 9.98. The zero-order valence-electron chi connectivity index (χ0n) is 16.8. The number of nitrogens with one attached hydrogen (secondary N) is 1. The van der Waals surface area contributed by atoms with E-state index < -0.39 is 0 Å². The van der Waals surface area contributed by atoms with Crippen LogP contribution in [0, 0.1) is 0 Å². The van der Waals surface area contributed by atoms with Crippen molar-refractivity contribution in [2.75, 3.05) is 5.32 Å². The second-order valence-corrected chi connectivity index (χ2v) is 6.97. The lowest BCUT2D eigenvalue weighted by atomic mass is 10.0. The molecule has 4 nitrogen and oxygen atoms in total. The first-order valence-electron chi connectivity index (χ1n) is 9.98. The van der Waals surface area contributed by atoms with Crippen molar-refractivity contribution in [1.29, 1.82) is 0 Å². The summed E-state index contributed by atoms with van der Waals surface area (Å²) in [6.45, 7) is 0.355. The normalized spacial score (nSPS) is 10.3. The van der Waals surface area contributed by atoms with Crippen LogP contribution in [0.2, 0.25) is 0 Å². The van der Waals surface area contributed by atoms with Gasteiger partial charge in [0.15, 0.2) is 5.78 Å². The van der Waals surface area contributed by atoms with Crippen LogP contribution in [0.4, 0.5) is 5.69 Å². The van der Waals surface area contributed by atoms with Gasteiger partial charge in [0.1, 0.15) is 12.4 Å². The van der Waals surface area contributed by atoms with E-state index in [1.165, 1.54) is 0 Å². The van der Waals surface area contributed by atoms with Crippen LogP contribution >= 0.6 is 0 Å². The highest BCUT2D eigenvalue weighted by atomic mass is 16.5. The molecule has 4 rings (SSSR count). The third-order valence-corrected chi connectivity index (χ3v) is 4.82. The summed E-state index contributed by atoms with van der Waals surface area (Å²) in [5, 5.41) is 2.88. The summed E-state index contributed by atoms with van der Waals surface area (Å²) < 4.78 is 5.90. The van der Waals surface area contributed by atoms with Crippen molar-refractivity contribution in [2.45, 2.75) is 6.61 Å². The van der Waals surface area contributed by atoms with Crippen molar-refractivity contribution in [2.24, 2.45) is 0 Å². The second kappa shape index (κ2) is 9.55. The lowest BCUT2D eigenvalue weighted by molar-refractivity contribution is 0.102. The Morgan fingerprint density at radius 2 is 1.23 bits per heavy atom. The van der Waals surface area contributed by atoms with Crippen LogP contribution in [-0.2, 0) is 6.61 Å². The van der Waals surface area contributed by atoms with Gasteiger partial charge in [0.25, 0.3) is 5.91 Å². The minimum Gasteiger partial charge on any atom is -0.488 e. The predicted octanol–water partition coefficient (Wildman–Crippen LogP) is 5.75. The van der Waals surface area contributed by atoms with Gasteiger partial charge in [-0.05, 0) is 29.8 Å². The van der Waals surface area contributed by atoms with Crippen LogP contribution < -0.4 is 10.1 Å². The van der Waals surface area contributed by atoms with Crippen molar-refractivity contribution >= 4 is 17.4 Å². The third kappa shape index (κ3) is 4.87. The number of benzene rings is 4. The molecule has 0 aromatic heterocycles. The molecule has 1 amide bonds. The Hall–Kier alpha value is -4.18. The minimum absolute atomic E-state index is 0.148. The fourth-order valence-electron chi connectivity index (χ4n) is 3.24. The Kier molecular flexibility index (Phi) is 6.19. The fraction of sp³-hybridized carbons (Fsp3) is 0.0370. The topological polar surface area (TPSA) is 55.4 Å². The van der Waals surface area contributed by atoms with Gasteiger partial charge in [0, 0.05) is 11.1 Å². The highest BCUT2D eigenvalue weighted by Crippen LogP contribution is 2.24. The molecule has 0 saturated heterocycles. The van der Waals surface area contributed by atoms with E-state index in [2.05, 4.69) is 5.32 Å². The Morgan fingerprint density at radius 3 is 1.97 bits per heavy atom. The Labute approximate surface area is 181 Å². The average Bonchev–Trinajstić information content (AvgIpc) is 2.84. The SMILES string of the molecule is O=C(c1ccccc1)c1ccccc1NC(=O)c1ccccc1OCc1ccccc1. The molecule has 4 aromatic rings. The number of rotatable bonds is 7. The summed E-state index contributed by atoms with van der Waals surface area (Å²) >= 11 is 0. The van der Waals surface area contributed by atoms with E-state index in [-0.39, 0.29) is 11.7 Å². The van der Waals surface area contributed by atoms with E-state index in [0.717, 1.165) is 5.56 Å². The number of ether oxygens (including phenoxy) is 1. The van der Waals surface area contributed by atoms with Gasteiger partial charge in [-0.2, -0.15) is 0 Å². The molecular formula is C27H21NO3. The molecule has 0 heterocycles. The molecule has 0 saturated carbocycles. The van der Waals surface area contributed by atoms with Gasteiger partial charge in [-0.1, -0.05) is 84.9 Å². The molecule has 0 unspecified atom stereocenters. The number of hydrogen-bond acceptors (Lipinski definition) is 3. The highest BCUT2D eigenvalue weighted by molar-refractivity contribution is 6.15. The molecule has 0 aliphatic carbocycles. The molecule has 1 N–H and O–H groups in total. The van der Waals surface area contributed by atoms with Gasteiger partial charge >= 0.3 is 0 Å². The van der Waals surface area contributed by atoms with Crippen molar-refractivity contribution in [3.8, 4) is 5.75 Å². The van der Waals surface area contributed by atoms with Crippen molar-refractivity contribution in [1.82, 2.24) is 0 Å². The summed E-state index contributed by atoms with van der Waals surface area (Å²) in [6, 6.07) is 32.8. The van der Waals surface area contributed by atoms with Crippen LogP contribution in [0.5, 0.6) is 5.75 Å². The van der Waals surface area contributed by atoms with Crippen LogP contribution in [0.15, 0.2) is 109 Å². The lowest BCUT2D eigenvalue weighted by Crippen LogP contribution is -2.16. The van der Waals surface area contributed by atoms with E-state index in [1.807, 2.05) is 54.6 Å². The smallest absolute Gasteiger partial charge is 0.259 e.